The summed E-state index contributed by atoms with van der Waals surface area (Å²) in [5, 5.41) is 0. The quantitative estimate of drug-likeness (QED) is 0.236. The van der Waals surface area contributed by atoms with Gasteiger partial charge < -0.3 is 9.31 Å². The highest BCUT2D eigenvalue weighted by atomic mass is 16.7. The van der Waals surface area contributed by atoms with E-state index in [1.54, 1.807) is 0 Å². The highest BCUT2D eigenvalue weighted by Gasteiger charge is 2.62. The van der Waals surface area contributed by atoms with Crippen molar-refractivity contribution < 1.29 is 9.31 Å². The van der Waals surface area contributed by atoms with Crippen molar-refractivity contribution in [2.75, 3.05) is 0 Å². The van der Waals surface area contributed by atoms with E-state index in [4.69, 9.17) is 9.31 Å². The largest absolute Gasteiger partial charge is 0.492 e. The highest BCUT2D eigenvalue weighted by molar-refractivity contribution is 6.58. The summed E-state index contributed by atoms with van der Waals surface area (Å²) in [7, 11) is -0.526. The van der Waals surface area contributed by atoms with Gasteiger partial charge in [0, 0.05) is 0 Å². The number of hydrogen-bond donors (Lipinski definition) is 0. The number of fused-ring (bicyclic) bond motifs is 7. The minimum absolute atomic E-state index is 0.000518. The Bertz CT molecular complexity index is 1590. The van der Waals surface area contributed by atoms with E-state index < -0.39 is 23.7 Å². The Morgan fingerprint density at radius 1 is 0.667 bits per heavy atom. The van der Waals surface area contributed by atoms with Crippen LogP contribution in [0.3, 0.4) is 0 Å². The summed E-state index contributed by atoms with van der Waals surface area (Å²) in [6.07, 6.45) is 6.11. The maximum absolute atomic E-state index is 6.96. The zero-order valence-corrected chi connectivity index (χ0v) is 27.1. The Hall–Kier alpha value is -3.14. The lowest BCUT2D eigenvalue weighted by molar-refractivity contribution is 0.00578. The molecule has 0 atom stereocenters. The fourth-order valence-corrected chi connectivity index (χ4v) is 6.98. The molecule has 0 unspecified atom stereocenters. The molecule has 0 radical (unpaired) electrons. The van der Waals surface area contributed by atoms with Gasteiger partial charge in [0.2, 0.25) is 0 Å². The summed E-state index contributed by atoms with van der Waals surface area (Å²) in [5.74, 6) is 0. The van der Waals surface area contributed by atoms with Crippen LogP contribution >= 0.6 is 0 Å². The van der Waals surface area contributed by atoms with E-state index >= 15 is 0 Å². The molecule has 2 aliphatic carbocycles. The van der Waals surface area contributed by atoms with Crippen LogP contribution in [0.5, 0.6) is 0 Å². The van der Waals surface area contributed by atoms with Crippen LogP contribution in [0.2, 0.25) is 0 Å². The average Bonchev–Trinajstić information content (AvgIpc) is 3.44. The molecule has 3 aliphatic rings. The summed E-state index contributed by atoms with van der Waals surface area (Å²) < 4.78 is 13.9. The molecule has 216 valence electrons. The van der Waals surface area contributed by atoms with Gasteiger partial charge in [-0.2, -0.15) is 0 Å². The van der Waals surface area contributed by atoms with E-state index in [1.807, 2.05) is 12.2 Å². The first-order chi connectivity index (χ1) is 19.5. The van der Waals surface area contributed by atoms with Crippen LogP contribution < -0.4 is 0 Å². The second-order valence-electron chi connectivity index (χ2n) is 15.3. The molecular formula is C39H45BO2. The molecule has 1 aliphatic heterocycles. The molecule has 0 N–H and O–H groups in total. The molecule has 1 spiro atoms. The van der Waals surface area contributed by atoms with Crippen LogP contribution in [0.1, 0.15) is 103 Å². The molecular weight excluding hydrogens is 511 g/mol. The lowest BCUT2D eigenvalue weighted by Gasteiger charge is -2.35. The summed E-state index contributed by atoms with van der Waals surface area (Å²) in [6.45, 7) is 26.4. The highest BCUT2D eigenvalue weighted by Crippen LogP contribution is 2.64. The van der Waals surface area contributed by atoms with Gasteiger partial charge in [-0.25, -0.2) is 0 Å². The zero-order chi connectivity index (χ0) is 30.5. The Balaban J connectivity index is 1.80. The van der Waals surface area contributed by atoms with Gasteiger partial charge in [-0.3, -0.25) is 0 Å². The fraction of sp³-hybridized carbons (Fsp3) is 0.385. The second kappa shape index (κ2) is 9.18. The van der Waals surface area contributed by atoms with E-state index in [0.717, 1.165) is 11.0 Å². The van der Waals surface area contributed by atoms with E-state index in [1.165, 1.54) is 44.5 Å². The van der Waals surface area contributed by atoms with Crippen LogP contribution in [-0.4, -0.2) is 18.3 Å². The van der Waals surface area contributed by atoms with Gasteiger partial charge in [0.15, 0.2) is 0 Å². The van der Waals surface area contributed by atoms with Gasteiger partial charge in [-0.1, -0.05) is 127 Å². The van der Waals surface area contributed by atoms with Crippen LogP contribution in [0.15, 0.2) is 90.9 Å². The van der Waals surface area contributed by atoms with Crippen LogP contribution in [0.4, 0.5) is 0 Å². The lowest BCUT2D eigenvalue weighted by atomic mass is 9.57. The van der Waals surface area contributed by atoms with Crippen molar-refractivity contribution in [3.05, 3.63) is 124 Å². The van der Waals surface area contributed by atoms with E-state index in [-0.39, 0.29) is 10.8 Å². The first-order valence-electron chi connectivity index (χ1n) is 15.3. The average molecular weight is 557 g/mol. The normalized spacial score (nSPS) is 19.9. The molecule has 1 heterocycles. The number of benzene rings is 3. The molecule has 2 nitrogen and oxygen atoms in total. The summed E-state index contributed by atoms with van der Waals surface area (Å²) in [5.41, 5.74) is 11.2. The second-order valence-corrected chi connectivity index (χ2v) is 15.3. The minimum atomic E-state index is -0.564. The van der Waals surface area contributed by atoms with E-state index in [0.29, 0.717) is 0 Å². The standard InChI is InChI=1S/C39H45BO2/c1-12-13-16-30-27-17-14-15-18-31(27)39(34(30)40-41-37(8,9)38(10,11)42-40)32-23-25(35(2,3)4)19-21-28(32)29-22-20-26(24-33(29)39)36(5,6)7/h12-24H,1H2,2-11H3/b16-13-. The van der Waals surface area contributed by atoms with E-state index in [9.17, 15) is 0 Å². The third-order valence-corrected chi connectivity index (χ3v) is 10.1. The third-order valence-electron chi connectivity index (χ3n) is 10.1. The Morgan fingerprint density at radius 3 is 1.64 bits per heavy atom. The van der Waals surface area contributed by atoms with Gasteiger partial charge in [-0.15, -0.1) is 0 Å². The maximum Gasteiger partial charge on any atom is 0.492 e. The third kappa shape index (κ3) is 4.00. The van der Waals surface area contributed by atoms with Crippen molar-refractivity contribution in [1.82, 2.24) is 0 Å². The van der Waals surface area contributed by atoms with Gasteiger partial charge in [0.05, 0.1) is 16.6 Å². The summed E-state index contributed by atoms with van der Waals surface area (Å²) in [4.78, 5) is 0. The topological polar surface area (TPSA) is 18.5 Å². The molecule has 42 heavy (non-hydrogen) atoms. The first-order valence-corrected chi connectivity index (χ1v) is 15.3. The molecule has 1 saturated heterocycles. The Morgan fingerprint density at radius 2 is 1.17 bits per heavy atom. The van der Waals surface area contributed by atoms with E-state index in [2.05, 4.69) is 143 Å². The monoisotopic (exact) mass is 556 g/mol. The molecule has 0 bridgehead atoms. The minimum Gasteiger partial charge on any atom is -0.400 e. The van der Waals surface area contributed by atoms with Gasteiger partial charge in [0.25, 0.3) is 0 Å². The molecule has 0 saturated carbocycles. The molecule has 0 aromatic heterocycles. The first kappa shape index (κ1) is 29.0. The van der Waals surface area contributed by atoms with Crippen molar-refractivity contribution in [3.8, 4) is 11.1 Å². The number of allylic oxidation sites excluding steroid dienone is 5. The summed E-state index contributed by atoms with van der Waals surface area (Å²) in [6, 6.07) is 23.2. The van der Waals surface area contributed by atoms with Crippen molar-refractivity contribution in [1.29, 1.82) is 0 Å². The zero-order valence-electron chi connectivity index (χ0n) is 27.1. The Kier molecular flexibility index (Phi) is 6.33. The van der Waals surface area contributed by atoms with Gasteiger partial charge >= 0.3 is 7.12 Å². The number of hydrogen-bond acceptors (Lipinski definition) is 2. The predicted octanol–water partition coefficient (Wildman–Crippen LogP) is 9.74. The lowest BCUT2D eigenvalue weighted by Crippen LogP contribution is -2.41. The van der Waals surface area contributed by atoms with Crippen molar-refractivity contribution in [2.24, 2.45) is 0 Å². The molecule has 1 fully saturated rings. The van der Waals surface area contributed by atoms with Crippen molar-refractivity contribution in [2.45, 2.75) is 96.7 Å². The van der Waals surface area contributed by atoms with Crippen molar-refractivity contribution >= 4 is 12.7 Å². The Labute approximate surface area is 253 Å². The van der Waals surface area contributed by atoms with Crippen LogP contribution in [0.25, 0.3) is 16.7 Å². The van der Waals surface area contributed by atoms with Crippen LogP contribution in [-0.2, 0) is 25.6 Å². The molecule has 3 aromatic carbocycles. The van der Waals surface area contributed by atoms with Crippen LogP contribution in [0, 0.1) is 0 Å². The predicted molar refractivity (Wildman–Crippen MR) is 178 cm³/mol. The maximum atomic E-state index is 6.96. The summed E-state index contributed by atoms with van der Waals surface area (Å²) >= 11 is 0. The van der Waals surface area contributed by atoms with Gasteiger partial charge in [0.1, 0.15) is 0 Å². The molecule has 0 amide bonds. The molecule has 6 rings (SSSR count). The van der Waals surface area contributed by atoms with Crippen molar-refractivity contribution in [3.63, 3.8) is 0 Å². The molecule has 3 heteroatoms. The van der Waals surface area contributed by atoms with Gasteiger partial charge in [-0.05, 0) is 94.1 Å². The SMILES string of the molecule is C=C/C=C\C1=C(B2OC(C)(C)C(C)(C)O2)C2(c3ccccc31)c1cc(C(C)(C)C)ccc1-c1ccc(C(C)(C)C)cc12. The number of rotatable bonds is 3. The fourth-order valence-electron chi connectivity index (χ4n) is 6.98. The smallest absolute Gasteiger partial charge is 0.400 e. The molecule has 3 aromatic rings.